The van der Waals surface area contributed by atoms with Gasteiger partial charge in [-0.3, -0.25) is 9.59 Å². The van der Waals surface area contributed by atoms with Crippen molar-refractivity contribution < 1.29 is 35.5 Å². The zero-order valence-electron chi connectivity index (χ0n) is 21.9. The molecule has 216 valence electrons. The second-order valence-corrected chi connectivity index (χ2v) is 12.1. The fourth-order valence-electron chi connectivity index (χ4n) is 4.99. The summed E-state index contributed by atoms with van der Waals surface area (Å²) < 4.78 is 90.0. The zero-order valence-corrected chi connectivity index (χ0v) is 22.7. The highest BCUT2D eigenvalue weighted by atomic mass is 32.2. The quantitative estimate of drug-likeness (QED) is 0.288. The Morgan fingerprint density at radius 2 is 1.88 bits per heavy atom. The molecule has 13 heteroatoms. The monoisotopic (exact) mass is 591 g/mol. The van der Waals surface area contributed by atoms with Gasteiger partial charge >= 0.3 is 6.18 Å². The predicted octanol–water partition coefficient (Wildman–Crippen LogP) is 4.75. The van der Waals surface area contributed by atoms with Crippen LogP contribution in [-0.4, -0.2) is 42.3 Å². The van der Waals surface area contributed by atoms with Gasteiger partial charge in [0, 0.05) is 40.9 Å². The number of aromatic nitrogens is 2. The van der Waals surface area contributed by atoms with Crippen LogP contribution in [0.3, 0.4) is 0 Å². The summed E-state index contributed by atoms with van der Waals surface area (Å²) in [4.78, 5) is 29.2. The van der Waals surface area contributed by atoms with Crippen molar-refractivity contribution in [3.63, 3.8) is 0 Å². The van der Waals surface area contributed by atoms with Gasteiger partial charge in [0.2, 0.25) is 10.0 Å². The predicted molar refractivity (Wildman–Crippen MR) is 143 cm³/mol. The number of aryl methyl sites for hydroxylation is 1. The standard InChI is InChI=1S/C28H25F4N3O5S/c1-16-5-3-6-17(23(16)29)14-35-21-9-8-18(28(30,31)32)13-20(21)22(19-7-4-12-33-25(19)36)24(35)26(37)34-41(38,39)27(10-11-27)15-40-2/h3-9,12-13H,10-11,14-15H2,1-2H3,(H,33,36)(H,34,37). The van der Waals surface area contributed by atoms with Gasteiger partial charge in [0.15, 0.2) is 0 Å². The van der Waals surface area contributed by atoms with Crippen molar-refractivity contribution in [1.82, 2.24) is 14.3 Å². The summed E-state index contributed by atoms with van der Waals surface area (Å²) in [5.41, 5.74) is -2.10. The zero-order chi connectivity index (χ0) is 29.7. The number of hydrogen-bond donors (Lipinski definition) is 2. The van der Waals surface area contributed by atoms with Crippen LogP contribution in [0.5, 0.6) is 0 Å². The van der Waals surface area contributed by atoms with Gasteiger partial charge < -0.3 is 14.3 Å². The Balaban J connectivity index is 1.81. The van der Waals surface area contributed by atoms with Crippen LogP contribution in [0.2, 0.25) is 0 Å². The molecule has 0 aliphatic heterocycles. The lowest BCUT2D eigenvalue weighted by atomic mass is 10.0. The SMILES string of the molecule is COCC1(S(=O)(=O)NC(=O)c2c(-c3ccc[nH]c3=O)c3cc(C(F)(F)F)ccc3n2Cc2cccc(C)c2F)CC1. The van der Waals surface area contributed by atoms with Crippen molar-refractivity contribution in [3.8, 4) is 11.1 Å². The van der Waals surface area contributed by atoms with E-state index in [0.717, 1.165) is 18.2 Å². The summed E-state index contributed by atoms with van der Waals surface area (Å²) in [6.07, 6.45) is -2.98. The molecular formula is C28H25F4N3O5S. The van der Waals surface area contributed by atoms with Gasteiger partial charge in [0.1, 0.15) is 16.3 Å². The Morgan fingerprint density at radius 3 is 2.51 bits per heavy atom. The van der Waals surface area contributed by atoms with E-state index in [4.69, 9.17) is 4.74 Å². The van der Waals surface area contributed by atoms with Gasteiger partial charge in [-0.2, -0.15) is 13.2 Å². The van der Waals surface area contributed by atoms with Gasteiger partial charge in [-0.05, 0) is 55.7 Å². The largest absolute Gasteiger partial charge is 0.416 e. The van der Waals surface area contributed by atoms with Crippen LogP contribution in [0.25, 0.3) is 22.0 Å². The average molecular weight is 592 g/mol. The number of H-pyrrole nitrogens is 1. The van der Waals surface area contributed by atoms with E-state index >= 15 is 4.39 Å². The summed E-state index contributed by atoms with van der Waals surface area (Å²) in [7, 11) is -3.00. The van der Waals surface area contributed by atoms with Crippen molar-refractivity contribution in [1.29, 1.82) is 0 Å². The van der Waals surface area contributed by atoms with Gasteiger partial charge in [-0.25, -0.2) is 17.5 Å². The molecule has 0 unspecified atom stereocenters. The van der Waals surface area contributed by atoms with E-state index in [1.165, 1.54) is 49.1 Å². The fraction of sp³-hybridized carbons (Fsp3) is 0.286. The summed E-state index contributed by atoms with van der Waals surface area (Å²) in [6, 6.07) is 10.00. The molecule has 4 aromatic rings. The lowest BCUT2D eigenvalue weighted by Gasteiger charge is -2.18. The number of nitrogens with one attached hydrogen (secondary N) is 2. The molecule has 2 aromatic heterocycles. The highest BCUT2D eigenvalue weighted by Gasteiger charge is 2.55. The lowest BCUT2D eigenvalue weighted by Crippen LogP contribution is -2.43. The van der Waals surface area contributed by atoms with Gasteiger partial charge in [0.25, 0.3) is 11.5 Å². The van der Waals surface area contributed by atoms with Crippen molar-refractivity contribution in [2.75, 3.05) is 13.7 Å². The minimum absolute atomic E-state index is 0.0673. The van der Waals surface area contributed by atoms with E-state index in [0.29, 0.717) is 5.56 Å². The number of sulfonamides is 1. The number of alkyl halides is 3. The number of benzene rings is 2. The Labute approximate surface area is 232 Å². The molecule has 5 rings (SSSR count). The first-order valence-corrected chi connectivity index (χ1v) is 14.0. The van der Waals surface area contributed by atoms with Crippen LogP contribution in [0.15, 0.2) is 59.5 Å². The van der Waals surface area contributed by atoms with E-state index in [-0.39, 0.29) is 53.6 Å². The molecule has 2 N–H and O–H groups in total. The maximum Gasteiger partial charge on any atom is 0.416 e. The maximum atomic E-state index is 15.1. The van der Waals surface area contributed by atoms with Crippen LogP contribution in [0.1, 0.15) is 40.0 Å². The van der Waals surface area contributed by atoms with Crippen molar-refractivity contribution >= 4 is 26.8 Å². The number of methoxy groups -OCH3 is 1. The molecule has 1 aliphatic carbocycles. The Hall–Kier alpha value is -3.97. The summed E-state index contributed by atoms with van der Waals surface area (Å²) in [5, 5.41) is -0.134. The molecule has 1 saturated carbocycles. The molecule has 0 atom stereocenters. The lowest BCUT2D eigenvalue weighted by molar-refractivity contribution is -0.137. The molecule has 0 radical (unpaired) electrons. The van der Waals surface area contributed by atoms with Crippen LogP contribution in [0, 0.1) is 12.7 Å². The number of rotatable bonds is 8. The molecule has 41 heavy (non-hydrogen) atoms. The molecule has 0 bridgehead atoms. The summed E-state index contributed by atoms with van der Waals surface area (Å²) in [6.45, 7) is 1.02. The van der Waals surface area contributed by atoms with E-state index in [1.54, 1.807) is 6.07 Å². The third kappa shape index (κ3) is 5.04. The number of aromatic amines is 1. The van der Waals surface area contributed by atoms with Gasteiger partial charge in [-0.1, -0.05) is 18.2 Å². The topological polar surface area (TPSA) is 110 Å². The summed E-state index contributed by atoms with van der Waals surface area (Å²) >= 11 is 0. The molecule has 0 spiro atoms. The van der Waals surface area contributed by atoms with Crippen molar-refractivity contribution in [3.05, 3.63) is 93.3 Å². The second-order valence-electron chi connectivity index (χ2n) is 10.1. The first kappa shape index (κ1) is 28.6. The molecule has 2 heterocycles. The minimum atomic E-state index is -4.76. The number of halogens is 4. The minimum Gasteiger partial charge on any atom is -0.383 e. The summed E-state index contributed by atoms with van der Waals surface area (Å²) in [5.74, 6) is -1.78. The van der Waals surface area contributed by atoms with Gasteiger partial charge in [0.05, 0.1) is 18.7 Å². The van der Waals surface area contributed by atoms with E-state index < -0.39 is 49.5 Å². The second kappa shape index (κ2) is 10.1. The number of carbonyl (C=O) groups is 1. The van der Waals surface area contributed by atoms with E-state index in [1.807, 2.05) is 0 Å². The Bertz CT molecular complexity index is 1840. The molecule has 2 aromatic carbocycles. The smallest absolute Gasteiger partial charge is 0.383 e. The molecule has 0 saturated heterocycles. The first-order chi connectivity index (χ1) is 19.3. The van der Waals surface area contributed by atoms with Crippen LogP contribution in [-0.2, 0) is 27.5 Å². The Kier molecular flexibility index (Phi) is 7.06. The third-order valence-corrected chi connectivity index (χ3v) is 9.43. The third-order valence-electron chi connectivity index (χ3n) is 7.31. The molecule has 1 aliphatic rings. The number of amides is 1. The number of fused-ring (bicyclic) bond motifs is 1. The maximum absolute atomic E-state index is 15.1. The van der Waals surface area contributed by atoms with Crippen LogP contribution >= 0.6 is 0 Å². The van der Waals surface area contributed by atoms with Crippen LogP contribution < -0.4 is 10.3 Å². The Morgan fingerprint density at radius 1 is 1.15 bits per heavy atom. The van der Waals surface area contributed by atoms with Crippen molar-refractivity contribution in [2.24, 2.45) is 0 Å². The molecule has 1 amide bonds. The molecular weight excluding hydrogens is 566 g/mol. The molecule has 1 fully saturated rings. The highest BCUT2D eigenvalue weighted by molar-refractivity contribution is 7.91. The van der Waals surface area contributed by atoms with E-state index in [2.05, 4.69) is 9.71 Å². The van der Waals surface area contributed by atoms with Gasteiger partial charge in [-0.15, -0.1) is 0 Å². The van der Waals surface area contributed by atoms with Crippen molar-refractivity contribution in [2.45, 2.75) is 37.2 Å². The number of nitrogens with zero attached hydrogens (tertiary/aromatic N) is 1. The number of pyridine rings is 1. The highest BCUT2D eigenvalue weighted by Crippen LogP contribution is 2.44. The fourth-order valence-corrected chi connectivity index (χ4v) is 6.46. The molecule has 8 nitrogen and oxygen atoms in total. The average Bonchev–Trinajstić information content (AvgIpc) is 3.63. The normalized spacial score (nSPS) is 14.8. The number of carbonyl (C=O) groups excluding carboxylic acids is 1. The van der Waals surface area contributed by atoms with E-state index in [9.17, 15) is 31.2 Å². The number of hydrogen-bond acceptors (Lipinski definition) is 5. The van der Waals surface area contributed by atoms with Crippen LogP contribution in [0.4, 0.5) is 17.6 Å². The number of ether oxygens (including phenoxy) is 1. The first-order valence-electron chi connectivity index (χ1n) is 12.5.